The quantitative estimate of drug-likeness (QED) is 0.764. The van der Waals surface area contributed by atoms with E-state index in [9.17, 15) is 9.59 Å². The zero-order valence-corrected chi connectivity index (χ0v) is 14.8. The Hall–Kier alpha value is -3.60. The van der Waals surface area contributed by atoms with Crippen LogP contribution in [0.4, 0.5) is 11.4 Å². The van der Waals surface area contributed by atoms with E-state index in [0.29, 0.717) is 23.5 Å². The molecule has 1 N–H and O–H groups in total. The van der Waals surface area contributed by atoms with E-state index in [1.807, 2.05) is 36.4 Å². The number of carbonyl (C=O) groups is 2. The average molecular weight is 358 g/mol. The average Bonchev–Trinajstić information content (AvgIpc) is 3.05. The van der Waals surface area contributed by atoms with Crippen LogP contribution in [-0.2, 0) is 6.54 Å². The van der Waals surface area contributed by atoms with E-state index in [0.717, 1.165) is 16.8 Å². The zero-order valence-electron chi connectivity index (χ0n) is 14.8. The van der Waals surface area contributed by atoms with Gasteiger partial charge in [-0.1, -0.05) is 24.3 Å². The molecule has 5 nitrogen and oxygen atoms in total. The van der Waals surface area contributed by atoms with Gasteiger partial charge in [-0.15, -0.1) is 0 Å². The minimum atomic E-state index is -0.216. The maximum atomic E-state index is 12.5. The Labute approximate surface area is 157 Å². The van der Waals surface area contributed by atoms with Crippen molar-refractivity contribution in [3.05, 3.63) is 89.5 Å². The van der Waals surface area contributed by atoms with Crippen LogP contribution in [0.15, 0.2) is 72.8 Å². The smallest absolute Gasteiger partial charge is 0.258 e. The van der Waals surface area contributed by atoms with Crippen LogP contribution in [0.25, 0.3) is 0 Å². The van der Waals surface area contributed by atoms with Crippen LogP contribution in [0, 0.1) is 0 Å². The standard InChI is InChI=1S/C22H18N2O3/c1-27-19-7-4-6-15(13-19)21(25)23-17-9-11-18(12-10-17)24-14-16-5-2-3-8-20(16)22(24)26/h2-13H,14H2,1H3,(H,23,25). The fourth-order valence-electron chi connectivity index (χ4n) is 3.16. The van der Waals surface area contributed by atoms with Crippen LogP contribution in [-0.4, -0.2) is 18.9 Å². The summed E-state index contributed by atoms with van der Waals surface area (Å²) in [5, 5.41) is 2.86. The summed E-state index contributed by atoms with van der Waals surface area (Å²) in [4.78, 5) is 26.7. The predicted octanol–water partition coefficient (Wildman–Crippen LogP) is 4.11. The summed E-state index contributed by atoms with van der Waals surface area (Å²) in [5.74, 6) is 0.412. The number of nitrogens with zero attached hydrogens (tertiary/aromatic N) is 1. The summed E-state index contributed by atoms with van der Waals surface area (Å²) in [6.07, 6.45) is 0. The van der Waals surface area contributed by atoms with Crippen molar-refractivity contribution >= 4 is 23.2 Å². The largest absolute Gasteiger partial charge is 0.497 e. The Morgan fingerprint density at radius 3 is 2.52 bits per heavy atom. The normalized spacial score (nSPS) is 12.6. The summed E-state index contributed by atoms with van der Waals surface area (Å²) in [6.45, 7) is 0.560. The number of hydrogen-bond acceptors (Lipinski definition) is 3. The molecule has 3 aromatic carbocycles. The van der Waals surface area contributed by atoms with E-state index in [2.05, 4.69) is 5.32 Å². The molecule has 0 radical (unpaired) electrons. The van der Waals surface area contributed by atoms with E-state index >= 15 is 0 Å². The van der Waals surface area contributed by atoms with Crippen molar-refractivity contribution in [2.45, 2.75) is 6.54 Å². The fourth-order valence-corrected chi connectivity index (χ4v) is 3.16. The maximum absolute atomic E-state index is 12.5. The molecule has 0 aliphatic carbocycles. The molecule has 4 rings (SSSR count). The van der Waals surface area contributed by atoms with Crippen LogP contribution < -0.4 is 15.0 Å². The van der Waals surface area contributed by atoms with Crippen LogP contribution in [0.2, 0.25) is 0 Å². The second-order valence-corrected chi connectivity index (χ2v) is 6.28. The highest BCUT2D eigenvalue weighted by Gasteiger charge is 2.27. The molecule has 0 saturated heterocycles. The van der Waals surface area contributed by atoms with Gasteiger partial charge in [0.15, 0.2) is 0 Å². The van der Waals surface area contributed by atoms with Crippen molar-refractivity contribution in [3.8, 4) is 5.75 Å². The monoisotopic (exact) mass is 358 g/mol. The van der Waals surface area contributed by atoms with Crippen molar-refractivity contribution in [1.29, 1.82) is 0 Å². The van der Waals surface area contributed by atoms with Gasteiger partial charge < -0.3 is 15.0 Å². The van der Waals surface area contributed by atoms with E-state index in [4.69, 9.17) is 4.74 Å². The molecule has 1 heterocycles. The number of amides is 2. The Morgan fingerprint density at radius 1 is 1.00 bits per heavy atom. The summed E-state index contributed by atoms with van der Waals surface area (Å²) in [7, 11) is 1.56. The van der Waals surface area contributed by atoms with E-state index in [-0.39, 0.29) is 11.8 Å². The zero-order chi connectivity index (χ0) is 18.8. The molecule has 3 aromatic rings. The molecule has 1 aliphatic heterocycles. The number of carbonyl (C=O) groups excluding carboxylic acids is 2. The number of nitrogens with one attached hydrogen (secondary N) is 1. The third-order valence-electron chi connectivity index (χ3n) is 4.59. The van der Waals surface area contributed by atoms with Gasteiger partial charge in [0.25, 0.3) is 11.8 Å². The van der Waals surface area contributed by atoms with Crippen molar-refractivity contribution in [3.63, 3.8) is 0 Å². The minimum Gasteiger partial charge on any atom is -0.497 e. The van der Waals surface area contributed by atoms with Crippen LogP contribution in [0.1, 0.15) is 26.3 Å². The van der Waals surface area contributed by atoms with Gasteiger partial charge in [-0.3, -0.25) is 9.59 Å². The highest BCUT2D eigenvalue weighted by atomic mass is 16.5. The summed E-state index contributed by atoms with van der Waals surface area (Å²) < 4.78 is 5.15. The third kappa shape index (κ3) is 3.27. The lowest BCUT2D eigenvalue weighted by molar-refractivity contribution is 0.0994. The second kappa shape index (κ2) is 6.96. The van der Waals surface area contributed by atoms with E-state index < -0.39 is 0 Å². The molecule has 0 fully saturated rings. The lowest BCUT2D eigenvalue weighted by Crippen LogP contribution is -2.22. The number of hydrogen-bond donors (Lipinski definition) is 1. The number of methoxy groups -OCH3 is 1. The molecule has 5 heteroatoms. The van der Waals surface area contributed by atoms with Crippen LogP contribution in [0.5, 0.6) is 5.75 Å². The SMILES string of the molecule is COc1cccc(C(=O)Nc2ccc(N3Cc4ccccc4C3=O)cc2)c1. The topological polar surface area (TPSA) is 58.6 Å². The van der Waals surface area contributed by atoms with Crippen LogP contribution in [0.3, 0.4) is 0 Å². The molecule has 0 spiro atoms. The highest BCUT2D eigenvalue weighted by molar-refractivity contribution is 6.10. The van der Waals surface area contributed by atoms with Gasteiger partial charge in [-0.25, -0.2) is 0 Å². The van der Waals surface area contributed by atoms with Crippen molar-refractivity contribution in [1.82, 2.24) is 0 Å². The molecule has 0 aromatic heterocycles. The lowest BCUT2D eigenvalue weighted by Gasteiger charge is -2.16. The van der Waals surface area contributed by atoms with E-state index in [1.54, 1.807) is 48.4 Å². The Morgan fingerprint density at radius 2 is 1.78 bits per heavy atom. The van der Waals surface area contributed by atoms with Gasteiger partial charge in [-0.2, -0.15) is 0 Å². The molecular weight excluding hydrogens is 340 g/mol. The minimum absolute atomic E-state index is 0.00114. The number of rotatable bonds is 4. The molecule has 0 unspecified atom stereocenters. The fraction of sp³-hybridized carbons (Fsp3) is 0.0909. The highest BCUT2D eigenvalue weighted by Crippen LogP contribution is 2.29. The van der Waals surface area contributed by atoms with Gasteiger partial charge in [0.1, 0.15) is 5.75 Å². The molecule has 0 atom stereocenters. The van der Waals surface area contributed by atoms with Crippen molar-refractivity contribution in [2.24, 2.45) is 0 Å². The summed E-state index contributed by atoms with van der Waals surface area (Å²) in [5.41, 5.74) is 3.75. The van der Waals surface area contributed by atoms with Gasteiger partial charge in [0.2, 0.25) is 0 Å². The first-order valence-electron chi connectivity index (χ1n) is 8.61. The lowest BCUT2D eigenvalue weighted by atomic mass is 10.1. The number of fused-ring (bicyclic) bond motifs is 1. The predicted molar refractivity (Wildman–Crippen MR) is 104 cm³/mol. The van der Waals surface area contributed by atoms with Crippen molar-refractivity contribution in [2.75, 3.05) is 17.3 Å². The first-order valence-corrected chi connectivity index (χ1v) is 8.61. The first kappa shape index (κ1) is 16.8. The molecule has 27 heavy (non-hydrogen) atoms. The Bertz CT molecular complexity index is 1010. The number of anilines is 2. The van der Waals surface area contributed by atoms with Gasteiger partial charge in [0, 0.05) is 22.5 Å². The summed E-state index contributed by atoms with van der Waals surface area (Å²) >= 11 is 0. The first-order chi connectivity index (χ1) is 13.2. The molecule has 0 saturated carbocycles. The maximum Gasteiger partial charge on any atom is 0.258 e. The molecule has 134 valence electrons. The summed E-state index contributed by atoms with van der Waals surface area (Å²) in [6, 6.07) is 21.9. The van der Waals surface area contributed by atoms with Gasteiger partial charge in [0.05, 0.1) is 13.7 Å². The number of ether oxygens (including phenoxy) is 1. The molecular formula is C22H18N2O3. The van der Waals surface area contributed by atoms with Gasteiger partial charge in [-0.05, 0) is 54.1 Å². The van der Waals surface area contributed by atoms with Crippen molar-refractivity contribution < 1.29 is 14.3 Å². The Kier molecular flexibility index (Phi) is 4.34. The molecule has 1 aliphatic rings. The van der Waals surface area contributed by atoms with E-state index in [1.165, 1.54) is 0 Å². The second-order valence-electron chi connectivity index (χ2n) is 6.28. The molecule has 0 bridgehead atoms. The third-order valence-corrected chi connectivity index (χ3v) is 4.59. The van der Waals surface area contributed by atoms with Gasteiger partial charge >= 0.3 is 0 Å². The van der Waals surface area contributed by atoms with Crippen LogP contribution >= 0.6 is 0 Å². The molecule has 2 amide bonds. The number of benzene rings is 3. The Balaban J connectivity index is 1.48.